The van der Waals surface area contributed by atoms with Gasteiger partial charge in [0, 0.05) is 5.56 Å². The molecule has 3 nitrogen and oxygen atoms in total. The molecule has 0 atom stereocenters. The largest absolute Gasteiger partial charge is 0.457 e. The number of ether oxygens (including phenoxy) is 1. The fourth-order valence-corrected chi connectivity index (χ4v) is 2.42. The summed E-state index contributed by atoms with van der Waals surface area (Å²) in [6, 6.07) is 15.6. The molecule has 1 aliphatic rings. The lowest BCUT2D eigenvalue weighted by Crippen LogP contribution is -2.11. The van der Waals surface area contributed by atoms with Crippen molar-refractivity contribution in [3.8, 4) is 11.5 Å². The van der Waals surface area contributed by atoms with Gasteiger partial charge in [0.2, 0.25) is 0 Å². The predicted octanol–water partition coefficient (Wildman–Crippen LogP) is 3.99. The first kappa shape index (κ1) is 11.8. The van der Waals surface area contributed by atoms with E-state index in [-0.39, 0.29) is 0 Å². The molecule has 3 rings (SSSR count). The van der Waals surface area contributed by atoms with E-state index in [9.17, 15) is 0 Å². The lowest BCUT2D eigenvalue weighted by atomic mass is 9.90. The van der Waals surface area contributed by atoms with Gasteiger partial charge in [0.05, 0.1) is 5.71 Å². The smallest absolute Gasteiger partial charge is 0.128 e. The number of para-hydroxylation sites is 1. The molecule has 0 saturated carbocycles. The van der Waals surface area contributed by atoms with Crippen molar-refractivity contribution in [3.63, 3.8) is 0 Å². The van der Waals surface area contributed by atoms with Gasteiger partial charge in [0.15, 0.2) is 0 Å². The van der Waals surface area contributed by atoms with Crippen LogP contribution in [-0.2, 0) is 6.42 Å². The minimum Gasteiger partial charge on any atom is -0.457 e. The minimum atomic E-state index is 0.750. The van der Waals surface area contributed by atoms with Crippen LogP contribution in [0.25, 0.3) is 0 Å². The number of fused-ring (bicyclic) bond motifs is 1. The van der Waals surface area contributed by atoms with Crippen LogP contribution in [0.5, 0.6) is 11.5 Å². The second-order valence-corrected chi connectivity index (χ2v) is 4.63. The highest BCUT2D eigenvalue weighted by molar-refractivity contribution is 6.02. The van der Waals surface area contributed by atoms with Crippen molar-refractivity contribution in [2.45, 2.75) is 19.3 Å². The molecule has 0 radical (unpaired) electrons. The maximum absolute atomic E-state index is 9.07. The zero-order chi connectivity index (χ0) is 13.1. The number of nitrogens with zero attached hydrogens (tertiary/aromatic N) is 1. The SMILES string of the molecule is O/N=C1/CCCc2ccc(Oc3ccccc3)cc21. The highest BCUT2D eigenvalue weighted by atomic mass is 16.5. The summed E-state index contributed by atoms with van der Waals surface area (Å²) in [5.74, 6) is 1.58. The fraction of sp³-hybridized carbons (Fsp3) is 0.188. The first-order valence-electron chi connectivity index (χ1n) is 6.44. The molecule has 3 heteroatoms. The van der Waals surface area contributed by atoms with Crippen molar-refractivity contribution in [2.24, 2.45) is 5.16 Å². The highest BCUT2D eigenvalue weighted by Crippen LogP contribution is 2.28. The van der Waals surface area contributed by atoms with Gasteiger partial charge in [-0.3, -0.25) is 0 Å². The lowest BCUT2D eigenvalue weighted by molar-refractivity contribution is 0.317. The molecule has 96 valence electrons. The van der Waals surface area contributed by atoms with Crippen molar-refractivity contribution in [1.29, 1.82) is 0 Å². The van der Waals surface area contributed by atoms with Crippen molar-refractivity contribution < 1.29 is 9.94 Å². The quantitative estimate of drug-likeness (QED) is 0.649. The molecule has 1 N–H and O–H groups in total. The molecule has 2 aromatic carbocycles. The molecule has 0 amide bonds. The van der Waals surface area contributed by atoms with E-state index in [1.54, 1.807) is 0 Å². The molecule has 0 spiro atoms. The van der Waals surface area contributed by atoms with E-state index in [1.807, 2.05) is 42.5 Å². The highest BCUT2D eigenvalue weighted by Gasteiger charge is 2.16. The Morgan fingerprint density at radius 3 is 2.58 bits per heavy atom. The molecule has 1 aliphatic carbocycles. The summed E-state index contributed by atoms with van der Waals surface area (Å²) in [5.41, 5.74) is 2.97. The first-order chi connectivity index (χ1) is 9.36. The molecular weight excluding hydrogens is 238 g/mol. The number of benzene rings is 2. The van der Waals surface area contributed by atoms with Crippen LogP contribution in [0.15, 0.2) is 53.7 Å². The molecular formula is C16H15NO2. The predicted molar refractivity (Wildman–Crippen MR) is 74.2 cm³/mol. The third-order valence-corrected chi connectivity index (χ3v) is 3.35. The third kappa shape index (κ3) is 2.45. The molecule has 0 fully saturated rings. The van der Waals surface area contributed by atoms with E-state index >= 15 is 0 Å². The summed E-state index contributed by atoms with van der Waals surface area (Å²) in [4.78, 5) is 0. The molecule has 0 aromatic heterocycles. The molecule has 19 heavy (non-hydrogen) atoms. The van der Waals surface area contributed by atoms with E-state index < -0.39 is 0 Å². The van der Waals surface area contributed by atoms with E-state index in [0.717, 1.165) is 42.0 Å². The van der Waals surface area contributed by atoms with Gasteiger partial charge >= 0.3 is 0 Å². The topological polar surface area (TPSA) is 41.8 Å². The van der Waals surface area contributed by atoms with E-state index in [2.05, 4.69) is 11.2 Å². The zero-order valence-corrected chi connectivity index (χ0v) is 10.5. The van der Waals surface area contributed by atoms with Crippen LogP contribution < -0.4 is 4.74 Å². The normalized spacial score (nSPS) is 16.1. The van der Waals surface area contributed by atoms with Crippen LogP contribution in [0.2, 0.25) is 0 Å². The van der Waals surface area contributed by atoms with Gasteiger partial charge in [-0.15, -0.1) is 0 Å². The molecule has 0 bridgehead atoms. The molecule has 0 aliphatic heterocycles. The Labute approximate surface area is 112 Å². The van der Waals surface area contributed by atoms with Crippen molar-refractivity contribution in [1.82, 2.24) is 0 Å². The van der Waals surface area contributed by atoms with Crippen LogP contribution >= 0.6 is 0 Å². The number of aryl methyl sites for hydroxylation is 1. The van der Waals surface area contributed by atoms with Gasteiger partial charge in [0.1, 0.15) is 11.5 Å². The number of hydrogen-bond donors (Lipinski definition) is 1. The monoisotopic (exact) mass is 253 g/mol. The van der Waals surface area contributed by atoms with Gasteiger partial charge in [-0.25, -0.2) is 0 Å². The van der Waals surface area contributed by atoms with Crippen LogP contribution in [0, 0.1) is 0 Å². The van der Waals surface area contributed by atoms with Crippen LogP contribution in [0.1, 0.15) is 24.0 Å². The second-order valence-electron chi connectivity index (χ2n) is 4.63. The van der Waals surface area contributed by atoms with E-state index in [4.69, 9.17) is 9.94 Å². The van der Waals surface area contributed by atoms with Gasteiger partial charge in [-0.05, 0) is 49.1 Å². The fourth-order valence-electron chi connectivity index (χ4n) is 2.42. The van der Waals surface area contributed by atoms with E-state index in [0.29, 0.717) is 0 Å². The van der Waals surface area contributed by atoms with Crippen LogP contribution in [0.3, 0.4) is 0 Å². The van der Waals surface area contributed by atoms with Gasteiger partial charge < -0.3 is 9.94 Å². The summed E-state index contributed by atoms with van der Waals surface area (Å²) < 4.78 is 5.80. The first-order valence-corrected chi connectivity index (χ1v) is 6.44. The zero-order valence-electron chi connectivity index (χ0n) is 10.5. The molecule has 2 aromatic rings. The lowest BCUT2D eigenvalue weighted by Gasteiger charge is -2.17. The van der Waals surface area contributed by atoms with Gasteiger partial charge in [0.25, 0.3) is 0 Å². The van der Waals surface area contributed by atoms with Crippen molar-refractivity contribution in [2.75, 3.05) is 0 Å². The Morgan fingerprint density at radius 2 is 1.79 bits per heavy atom. The Kier molecular flexibility index (Phi) is 3.19. The van der Waals surface area contributed by atoms with Crippen LogP contribution in [0.4, 0.5) is 0 Å². The molecule has 0 saturated heterocycles. The van der Waals surface area contributed by atoms with Crippen molar-refractivity contribution in [3.05, 3.63) is 59.7 Å². The number of oxime groups is 1. The molecule has 0 unspecified atom stereocenters. The standard InChI is InChI=1S/C16H15NO2/c18-17-16-8-4-5-12-9-10-14(11-15(12)16)19-13-6-2-1-3-7-13/h1-3,6-7,9-11,18H,4-5,8H2/b17-16-. The summed E-state index contributed by atoms with van der Waals surface area (Å²) in [6.45, 7) is 0. The van der Waals surface area contributed by atoms with Crippen LogP contribution in [-0.4, -0.2) is 10.9 Å². The summed E-state index contributed by atoms with van der Waals surface area (Å²) in [6.07, 6.45) is 2.88. The number of rotatable bonds is 2. The number of hydrogen-bond acceptors (Lipinski definition) is 3. The molecule has 0 heterocycles. The Morgan fingerprint density at radius 1 is 0.947 bits per heavy atom. The summed E-state index contributed by atoms with van der Waals surface area (Å²) in [7, 11) is 0. The maximum atomic E-state index is 9.07. The minimum absolute atomic E-state index is 0.750. The Balaban J connectivity index is 1.92. The Hall–Kier alpha value is -2.29. The second kappa shape index (κ2) is 5.14. The average molecular weight is 253 g/mol. The Bertz CT molecular complexity index is 605. The van der Waals surface area contributed by atoms with E-state index in [1.165, 1.54) is 5.56 Å². The summed E-state index contributed by atoms with van der Waals surface area (Å²) >= 11 is 0. The van der Waals surface area contributed by atoms with Gasteiger partial charge in [-0.2, -0.15) is 0 Å². The average Bonchev–Trinajstić information content (AvgIpc) is 2.47. The van der Waals surface area contributed by atoms with Gasteiger partial charge in [-0.1, -0.05) is 29.4 Å². The summed E-state index contributed by atoms with van der Waals surface area (Å²) in [5, 5.41) is 12.5. The third-order valence-electron chi connectivity index (χ3n) is 3.35. The van der Waals surface area contributed by atoms with Crippen molar-refractivity contribution >= 4 is 5.71 Å². The maximum Gasteiger partial charge on any atom is 0.128 e.